The Morgan fingerprint density at radius 2 is 1.77 bits per heavy atom. The Bertz CT molecular complexity index is 703. The van der Waals surface area contributed by atoms with Crippen molar-refractivity contribution in [2.24, 2.45) is 0 Å². The topological polar surface area (TPSA) is 77.1 Å². The molecule has 148 valence electrons. The van der Waals surface area contributed by atoms with Crippen molar-refractivity contribution in [3.05, 3.63) is 22.2 Å². The van der Waals surface area contributed by atoms with Gasteiger partial charge in [0.25, 0.3) is 0 Å². The van der Waals surface area contributed by atoms with E-state index in [1.54, 1.807) is 14.2 Å². The molecule has 1 aromatic carbocycles. The highest BCUT2D eigenvalue weighted by Crippen LogP contribution is 2.33. The van der Waals surface area contributed by atoms with Gasteiger partial charge in [-0.25, -0.2) is 8.42 Å². The number of rotatable bonds is 8. The molecule has 1 aliphatic heterocycles. The first kappa shape index (κ1) is 21.4. The number of benzene rings is 1. The lowest BCUT2D eigenvalue weighted by Gasteiger charge is -2.34. The molecule has 1 aliphatic rings. The molecular weight excluding hydrogens is 424 g/mol. The van der Waals surface area contributed by atoms with Crippen LogP contribution in [0.3, 0.4) is 0 Å². The molecule has 2 unspecified atom stereocenters. The van der Waals surface area contributed by atoms with Gasteiger partial charge in [-0.05, 0) is 31.5 Å². The molecule has 1 aromatic rings. The minimum Gasteiger partial charge on any atom is -0.493 e. The second-order valence-electron chi connectivity index (χ2n) is 6.37. The van der Waals surface area contributed by atoms with Gasteiger partial charge in [-0.15, -0.1) is 0 Å². The zero-order valence-corrected chi connectivity index (χ0v) is 18.0. The van der Waals surface area contributed by atoms with Crippen LogP contribution in [0.1, 0.15) is 19.4 Å². The lowest BCUT2D eigenvalue weighted by atomic mass is 10.2. The van der Waals surface area contributed by atoms with Crippen LogP contribution in [0.4, 0.5) is 0 Å². The van der Waals surface area contributed by atoms with E-state index in [1.807, 2.05) is 26.0 Å². The number of sulfonamides is 1. The summed E-state index contributed by atoms with van der Waals surface area (Å²) in [6.45, 7) is 5.49. The van der Waals surface area contributed by atoms with E-state index in [4.69, 9.17) is 14.2 Å². The van der Waals surface area contributed by atoms with Gasteiger partial charge in [0.1, 0.15) is 0 Å². The van der Waals surface area contributed by atoms with Gasteiger partial charge >= 0.3 is 0 Å². The van der Waals surface area contributed by atoms with Crippen LogP contribution < -0.4 is 14.8 Å². The van der Waals surface area contributed by atoms with Gasteiger partial charge < -0.3 is 19.5 Å². The second kappa shape index (κ2) is 9.36. The fourth-order valence-corrected chi connectivity index (χ4v) is 4.94. The first-order valence-corrected chi connectivity index (χ1v) is 10.9. The van der Waals surface area contributed by atoms with Gasteiger partial charge in [0.05, 0.1) is 32.2 Å². The molecule has 2 atom stereocenters. The van der Waals surface area contributed by atoms with Crippen molar-refractivity contribution in [3.8, 4) is 11.5 Å². The lowest BCUT2D eigenvalue weighted by Crippen LogP contribution is -2.49. The fourth-order valence-electron chi connectivity index (χ4n) is 2.94. The molecule has 7 nitrogen and oxygen atoms in total. The Kier molecular flexibility index (Phi) is 7.72. The van der Waals surface area contributed by atoms with E-state index < -0.39 is 10.0 Å². The summed E-state index contributed by atoms with van der Waals surface area (Å²) < 4.78 is 43.6. The summed E-state index contributed by atoms with van der Waals surface area (Å²) in [5.74, 6) is 1.33. The third-order valence-electron chi connectivity index (χ3n) is 4.18. The number of morpholine rings is 1. The van der Waals surface area contributed by atoms with Crippen molar-refractivity contribution in [3.63, 3.8) is 0 Å². The van der Waals surface area contributed by atoms with Crippen molar-refractivity contribution in [1.82, 2.24) is 9.62 Å². The zero-order valence-electron chi connectivity index (χ0n) is 15.6. The lowest BCUT2D eigenvalue weighted by molar-refractivity contribution is -0.0440. The van der Waals surface area contributed by atoms with Crippen molar-refractivity contribution in [2.45, 2.75) is 32.6 Å². The second-order valence-corrected chi connectivity index (χ2v) is 9.31. The molecule has 26 heavy (non-hydrogen) atoms. The van der Waals surface area contributed by atoms with E-state index >= 15 is 0 Å². The van der Waals surface area contributed by atoms with Crippen LogP contribution in [-0.2, 0) is 21.3 Å². The van der Waals surface area contributed by atoms with Gasteiger partial charge in [0.2, 0.25) is 10.0 Å². The van der Waals surface area contributed by atoms with Crippen molar-refractivity contribution >= 4 is 26.0 Å². The van der Waals surface area contributed by atoms with Crippen LogP contribution in [0.5, 0.6) is 11.5 Å². The molecule has 0 aliphatic carbocycles. The quantitative estimate of drug-likeness (QED) is 0.610. The molecule has 0 aromatic heterocycles. The van der Waals surface area contributed by atoms with Gasteiger partial charge in [-0.2, -0.15) is 4.31 Å². The predicted molar refractivity (Wildman–Crippen MR) is 104 cm³/mol. The molecule has 1 saturated heterocycles. The molecule has 1 N–H and O–H groups in total. The summed E-state index contributed by atoms with van der Waals surface area (Å²) in [6, 6.07) is 3.71. The molecule has 0 saturated carbocycles. The van der Waals surface area contributed by atoms with E-state index in [0.29, 0.717) is 37.7 Å². The smallest absolute Gasteiger partial charge is 0.215 e. The fraction of sp³-hybridized carbons (Fsp3) is 0.647. The van der Waals surface area contributed by atoms with E-state index in [0.717, 1.165) is 10.0 Å². The van der Waals surface area contributed by atoms with Crippen LogP contribution in [0.2, 0.25) is 0 Å². The Balaban J connectivity index is 1.90. The number of nitrogens with zero attached hydrogens (tertiary/aromatic N) is 1. The van der Waals surface area contributed by atoms with Crippen LogP contribution in [0, 0.1) is 0 Å². The maximum atomic E-state index is 12.5. The van der Waals surface area contributed by atoms with Gasteiger partial charge in [-0.1, -0.05) is 15.9 Å². The first-order valence-electron chi connectivity index (χ1n) is 8.51. The maximum absolute atomic E-state index is 12.5. The van der Waals surface area contributed by atoms with Crippen molar-refractivity contribution in [2.75, 3.05) is 39.6 Å². The van der Waals surface area contributed by atoms with Crippen LogP contribution in [0.15, 0.2) is 16.6 Å². The summed E-state index contributed by atoms with van der Waals surface area (Å²) in [5.41, 5.74) is 0.966. The van der Waals surface area contributed by atoms with Crippen LogP contribution in [-0.4, -0.2) is 64.5 Å². The summed E-state index contributed by atoms with van der Waals surface area (Å²) in [7, 11) is -0.136. The van der Waals surface area contributed by atoms with Crippen molar-refractivity contribution in [1.29, 1.82) is 0 Å². The molecule has 9 heteroatoms. The molecule has 2 rings (SSSR count). The van der Waals surface area contributed by atoms with E-state index in [1.165, 1.54) is 4.31 Å². The van der Waals surface area contributed by atoms with Crippen LogP contribution in [0.25, 0.3) is 0 Å². The molecule has 0 amide bonds. The highest BCUT2D eigenvalue weighted by atomic mass is 79.9. The highest BCUT2D eigenvalue weighted by Gasteiger charge is 2.30. The third kappa shape index (κ3) is 5.56. The zero-order chi connectivity index (χ0) is 19.3. The van der Waals surface area contributed by atoms with Gasteiger partial charge in [-0.3, -0.25) is 0 Å². The van der Waals surface area contributed by atoms with Crippen LogP contribution >= 0.6 is 15.9 Å². The normalized spacial score (nSPS) is 21.6. The number of hydrogen-bond acceptors (Lipinski definition) is 6. The SMILES string of the molecule is COc1cc(Br)c(CNCCS(=O)(=O)N2CC(C)OC(C)C2)cc1OC. The third-order valence-corrected chi connectivity index (χ3v) is 6.73. The molecule has 0 spiro atoms. The number of nitrogens with one attached hydrogen (secondary N) is 1. The summed E-state index contributed by atoms with van der Waals surface area (Å²) in [6.07, 6.45) is -0.159. The average molecular weight is 451 g/mol. The maximum Gasteiger partial charge on any atom is 0.215 e. The summed E-state index contributed by atoms with van der Waals surface area (Å²) in [4.78, 5) is 0. The molecule has 0 radical (unpaired) electrons. The van der Waals surface area contributed by atoms with Crippen molar-refractivity contribution < 1.29 is 22.6 Å². The minimum atomic E-state index is -3.30. The van der Waals surface area contributed by atoms with E-state index in [2.05, 4.69) is 21.2 Å². The Morgan fingerprint density at radius 1 is 1.19 bits per heavy atom. The Labute approximate surface area is 164 Å². The van der Waals surface area contributed by atoms with Gasteiger partial charge in [0.15, 0.2) is 11.5 Å². The number of hydrogen-bond donors (Lipinski definition) is 1. The molecule has 0 bridgehead atoms. The molecule has 1 fully saturated rings. The minimum absolute atomic E-state index is 0.0529. The largest absolute Gasteiger partial charge is 0.493 e. The van der Waals surface area contributed by atoms with E-state index in [-0.39, 0.29) is 18.0 Å². The number of halogens is 1. The Hall–Kier alpha value is -0.870. The molecular formula is C17H27BrN2O5S. The summed E-state index contributed by atoms with van der Waals surface area (Å²) in [5, 5.41) is 3.19. The summed E-state index contributed by atoms with van der Waals surface area (Å²) >= 11 is 3.50. The number of methoxy groups -OCH3 is 2. The predicted octanol–water partition coefficient (Wildman–Crippen LogP) is 1.99. The number of ether oxygens (including phenoxy) is 3. The Morgan fingerprint density at radius 3 is 2.35 bits per heavy atom. The van der Waals surface area contributed by atoms with E-state index in [9.17, 15) is 8.42 Å². The highest BCUT2D eigenvalue weighted by molar-refractivity contribution is 9.10. The molecule has 1 heterocycles. The monoisotopic (exact) mass is 450 g/mol. The van der Waals surface area contributed by atoms with Gasteiger partial charge in [0, 0.05) is 30.7 Å². The standard InChI is InChI=1S/C17H27BrN2O5S/c1-12-10-20(11-13(2)25-12)26(21,22)6-5-19-9-14-7-16(23-3)17(24-4)8-15(14)18/h7-8,12-13,19H,5-6,9-11H2,1-4H3. The average Bonchev–Trinajstić information content (AvgIpc) is 2.58. The first-order chi connectivity index (χ1) is 12.3.